The van der Waals surface area contributed by atoms with Gasteiger partial charge in [-0.25, -0.2) is 4.79 Å². The zero-order valence-electron chi connectivity index (χ0n) is 10.2. The number of esters is 1. The van der Waals surface area contributed by atoms with Crippen LogP contribution in [-0.2, 0) is 11.2 Å². The maximum atomic E-state index is 11.6. The molecule has 0 bridgehead atoms. The lowest BCUT2D eigenvalue weighted by Gasteiger charge is -2.05. The van der Waals surface area contributed by atoms with Crippen LogP contribution in [0.5, 0.6) is 0 Å². The van der Waals surface area contributed by atoms with Crippen LogP contribution in [0, 0.1) is 0 Å². The largest absolute Gasteiger partial charge is 0.462 e. The van der Waals surface area contributed by atoms with Crippen LogP contribution in [0.15, 0.2) is 36.4 Å². The number of carbonyl (C=O) groups excluding carboxylic acids is 1. The van der Waals surface area contributed by atoms with Crippen LogP contribution in [0.3, 0.4) is 0 Å². The lowest BCUT2D eigenvalue weighted by atomic mass is 10.0. The van der Waals surface area contributed by atoms with E-state index in [9.17, 15) is 4.79 Å². The Kier molecular flexibility index (Phi) is 3.43. The molecule has 2 heteroatoms. The predicted molar refractivity (Wildman–Crippen MR) is 69.3 cm³/mol. The molecular weight excluding hydrogens is 212 g/mol. The molecule has 0 radical (unpaired) electrons. The van der Waals surface area contributed by atoms with Crippen molar-refractivity contribution in [3.63, 3.8) is 0 Å². The summed E-state index contributed by atoms with van der Waals surface area (Å²) in [6, 6.07) is 12.0. The fourth-order valence-electron chi connectivity index (χ4n) is 1.86. The molecular formula is C15H16O2. The number of hydrogen-bond acceptors (Lipinski definition) is 2. The van der Waals surface area contributed by atoms with Crippen molar-refractivity contribution in [2.45, 2.75) is 20.3 Å². The first-order valence-corrected chi connectivity index (χ1v) is 5.94. The number of benzene rings is 2. The number of ether oxygens (including phenoxy) is 1. The summed E-state index contributed by atoms with van der Waals surface area (Å²) in [7, 11) is 0. The first-order chi connectivity index (χ1) is 8.24. The minimum absolute atomic E-state index is 0.256. The third-order valence-electron chi connectivity index (χ3n) is 2.82. The van der Waals surface area contributed by atoms with E-state index in [1.54, 1.807) is 0 Å². The lowest BCUT2D eigenvalue weighted by molar-refractivity contribution is 0.0526. The van der Waals surface area contributed by atoms with E-state index in [1.165, 1.54) is 5.56 Å². The molecule has 0 aliphatic rings. The fourth-order valence-corrected chi connectivity index (χ4v) is 1.86. The van der Waals surface area contributed by atoms with Crippen LogP contribution in [0.25, 0.3) is 10.8 Å². The first kappa shape index (κ1) is 11.6. The Morgan fingerprint density at radius 1 is 1.06 bits per heavy atom. The lowest BCUT2D eigenvalue weighted by Crippen LogP contribution is -2.04. The van der Waals surface area contributed by atoms with Crippen molar-refractivity contribution in [1.29, 1.82) is 0 Å². The molecule has 88 valence electrons. The summed E-state index contributed by atoms with van der Waals surface area (Å²) in [5.74, 6) is -0.256. The molecule has 0 saturated heterocycles. The van der Waals surface area contributed by atoms with Crippen LogP contribution in [0.4, 0.5) is 0 Å². The average Bonchev–Trinajstić information content (AvgIpc) is 2.37. The predicted octanol–water partition coefficient (Wildman–Crippen LogP) is 3.58. The van der Waals surface area contributed by atoms with Gasteiger partial charge in [0.05, 0.1) is 12.2 Å². The van der Waals surface area contributed by atoms with Gasteiger partial charge >= 0.3 is 5.97 Å². The number of hydrogen-bond donors (Lipinski definition) is 0. The molecule has 0 aromatic heterocycles. The van der Waals surface area contributed by atoms with Gasteiger partial charge in [-0.3, -0.25) is 0 Å². The topological polar surface area (TPSA) is 26.3 Å². The van der Waals surface area contributed by atoms with Gasteiger partial charge in [0.2, 0.25) is 0 Å². The number of rotatable bonds is 3. The summed E-state index contributed by atoms with van der Waals surface area (Å²) in [5.41, 5.74) is 1.92. The Hall–Kier alpha value is -1.83. The van der Waals surface area contributed by atoms with Crippen molar-refractivity contribution >= 4 is 16.7 Å². The molecule has 2 aromatic rings. The summed E-state index contributed by atoms with van der Waals surface area (Å²) in [5, 5.41) is 2.24. The van der Waals surface area contributed by atoms with Crippen LogP contribution >= 0.6 is 0 Å². The van der Waals surface area contributed by atoms with Crippen LogP contribution < -0.4 is 0 Å². The van der Waals surface area contributed by atoms with Crippen molar-refractivity contribution in [2.75, 3.05) is 6.61 Å². The highest BCUT2D eigenvalue weighted by Gasteiger charge is 2.06. The smallest absolute Gasteiger partial charge is 0.338 e. The van der Waals surface area contributed by atoms with Gasteiger partial charge in [-0.1, -0.05) is 31.2 Å². The highest BCUT2D eigenvalue weighted by molar-refractivity contribution is 5.95. The quantitative estimate of drug-likeness (QED) is 0.750. The van der Waals surface area contributed by atoms with Crippen molar-refractivity contribution in [3.05, 3.63) is 47.5 Å². The molecule has 0 heterocycles. The molecule has 0 atom stereocenters. The average molecular weight is 228 g/mol. The normalized spacial score (nSPS) is 10.5. The van der Waals surface area contributed by atoms with E-state index >= 15 is 0 Å². The van der Waals surface area contributed by atoms with Crippen molar-refractivity contribution < 1.29 is 9.53 Å². The summed E-state index contributed by atoms with van der Waals surface area (Å²) in [6.07, 6.45) is 1.02. The Morgan fingerprint density at radius 3 is 2.47 bits per heavy atom. The Labute approximate surface area is 101 Å². The van der Waals surface area contributed by atoms with Gasteiger partial charge in [0.1, 0.15) is 0 Å². The molecule has 0 aliphatic heterocycles. The van der Waals surface area contributed by atoms with Crippen molar-refractivity contribution in [1.82, 2.24) is 0 Å². The standard InChI is InChI=1S/C15H16O2/c1-3-11-5-6-13-10-14(15(16)17-4-2)8-7-12(13)9-11/h5-10H,3-4H2,1-2H3. The van der Waals surface area contributed by atoms with E-state index in [1.807, 2.05) is 25.1 Å². The van der Waals surface area contributed by atoms with Crippen LogP contribution in [-0.4, -0.2) is 12.6 Å². The third kappa shape index (κ3) is 2.47. The highest BCUT2D eigenvalue weighted by atomic mass is 16.5. The molecule has 2 rings (SSSR count). The molecule has 0 spiro atoms. The zero-order chi connectivity index (χ0) is 12.3. The molecule has 0 saturated carbocycles. The molecule has 0 fully saturated rings. The fraction of sp³-hybridized carbons (Fsp3) is 0.267. The number of fused-ring (bicyclic) bond motifs is 1. The maximum absolute atomic E-state index is 11.6. The minimum Gasteiger partial charge on any atom is -0.462 e. The maximum Gasteiger partial charge on any atom is 0.338 e. The Morgan fingerprint density at radius 2 is 1.76 bits per heavy atom. The van der Waals surface area contributed by atoms with Gasteiger partial charge in [0, 0.05) is 0 Å². The summed E-state index contributed by atoms with van der Waals surface area (Å²) in [4.78, 5) is 11.6. The molecule has 2 nitrogen and oxygen atoms in total. The van der Waals surface area contributed by atoms with Crippen LogP contribution in [0.2, 0.25) is 0 Å². The van der Waals surface area contributed by atoms with Gasteiger partial charge < -0.3 is 4.74 Å². The van der Waals surface area contributed by atoms with Crippen molar-refractivity contribution in [3.8, 4) is 0 Å². The molecule has 0 aliphatic carbocycles. The van der Waals surface area contributed by atoms with Gasteiger partial charge in [-0.05, 0) is 41.8 Å². The summed E-state index contributed by atoms with van der Waals surface area (Å²) in [6.45, 7) is 4.35. The van der Waals surface area contributed by atoms with Gasteiger partial charge in [0.25, 0.3) is 0 Å². The number of carbonyl (C=O) groups is 1. The molecule has 0 unspecified atom stereocenters. The third-order valence-corrected chi connectivity index (χ3v) is 2.82. The summed E-state index contributed by atoms with van der Waals surface area (Å²) >= 11 is 0. The molecule has 2 aromatic carbocycles. The van der Waals surface area contributed by atoms with Crippen LogP contribution in [0.1, 0.15) is 29.8 Å². The molecule has 0 amide bonds. The molecule has 0 N–H and O–H groups in total. The van der Waals surface area contributed by atoms with E-state index < -0.39 is 0 Å². The zero-order valence-corrected chi connectivity index (χ0v) is 10.2. The van der Waals surface area contributed by atoms with Gasteiger partial charge in [-0.15, -0.1) is 0 Å². The van der Waals surface area contributed by atoms with E-state index in [0.717, 1.165) is 17.2 Å². The van der Waals surface area contributed by atoms with Crippen molar-refractivity contribution in [2.24, 2.45) is 0 Å². The minimum atomic E-state index is -0.256. The number of aryl methyl sites for hydroxylation is 1. The first-order valence-electron chi connectivity index (χ1n) is 5.94. The second kappa shape index (κ2) is 5.00. The van der Waals surface area contributed by atoms with E-state index in [4.69, 9.17) is 4.74 Å². The van der Waals surface area contributed by atoms with E-state index in [2.05, 4.69) is 25.1 Å². The van der Waals surface area contributed by atoms with Gasteiger partial charge in [0.15, 0.2) is 0 Å². The molecule has 17 heavy (non-hydrogen) atoms. The van der Waals surface area contributed by atoms with Gasteiger partial charge in [-0.2, -0.15) is 0 Å². The second-order valence-corrected chi connectivity index (χ2v) is 3.97. The SMILES string of the molecule is CCOC(=O)c1ccc2cc(CC)ccc2c1. The second-order valence-electron chi connectivity index (χ2n) is 3.97. The summed E-state index contributed by atoms with van der Waals surface area (Å²) < 4.78 is 4.98. The Balaban J connectivity index is 2.41. The Bertz CT molecular complexity index is 544. The van der Waals surface area contributed by atoms with E-state index in [0.29, 0.717) is 12.2 Å². The van der Waals surface area contributed by atoms with E-state index in [-0.39, 0.29) is 5.97 Å². The highest BCUT2D eigenvalue weighted by Crippen LogP contribution is 2.18. The monoisotopic (exact) mass is 228 g/mol.